The van der Waals surface area contributed by atoms with E-state index in [9.17, 15) is 14.7 Å². The normalized spacial score (nSPS) is 14.0. The highest BCUT2D eigenvalue weighted by molar-refractivity contribution is 6.33. The van der Waals surface area contributed by atoms with E-state index in [1.54, 1.807) is 19.1 Å². The molecular weight excluding hydrogens is 256 g/mol. The van der Waals surface area contributed by atoms with Crippen LogP contribution in [0.5, 0.6) is 0 Å². The van der Waals surface area contributed by atoms with E-state index in [0.29, 0.717) is 17.5 Å². The SMILES string of the molecule is CCc1ccc(C(=O)C(C)Cl)cc1C(O)C(=O)O. The number of carbonyl (C=O) groups excluding carboxylic acids is 1. The number of aliphatic hydroxyl groups excluding tert-OH is 1. The van der Waals surface area contributed by atoms with Crippen LogP contribution in [0, 0.1) is 0 Å². The van der Waals surface area contributed by atoms with Crippen LogP contribution in [0.4, 0.5) is 0 Å². The first-order valence-corrected chi connectivity index (χ1v) is 6.04. The predicted octanol–water partition coefficient (Wildman–Crippen LogP) is 2.18. The Balaban J connectivity index is 3.25. The molecule has 0 saturated carbocycles. The van der Waals surface area contributed by atoms with Gasteiger partial charge >= 0.3 is 5.97 Å². The first kappa shape index (κ1) is 14.7. The Labute approximate surface area is 110 Å². The maximum absolute atomic E-state index is 11.7. The summed E-state index contributed by atoms with van der Waals surface area (Å²) in [4.78, 5) is 22.5. The number of ketones is 1. The lowest BCUT2D eigenvalue weighted by Crippen LogP contribution is -2.16. The van der Waals surface area contributed by atoms with Crippen molar-refractivity contribution < 1.29 is 19.8 Å². The van der Waals surface area contributed by atoms with E-state index in [4.69, 9.17) is 16.7 Å². The summed E-state index contributed by atoms with van der Waals surface area (Å²) in [5.41, 5.74) is 1.25. The highest BCUT2D eigenvalue weighted by Crippen LogP contribution is 2.22. The molecule has 2 atom stereocenters. The molecule has 0 amide bonds. The number of carboxylic acid groups (broad SMARTS) is 1. The third kappa shape index (κ3) is 3.09. The van der Waals surface area contributed by atoms with E-state index in [1.165, 1.54) is 6.07 Å². The van der Waals surface area contributed by atoms with Crippen molar-refractivity contribution in [3.8, 4) is 0 Å². The highest BCUT2D eigenvalue weighted by Gasteiger charge is 2.21. The minimum absolute atomic E-state index is 0.244. The molecule has 1 aromatic rings. The summed E-state index contributed by atoms with van der Waals surface area (Å²) >= 11 is 5.70. The average molecular weight is 271 g/mol. The molecule has 0 saturated heterocycles. The second-order valence-electron chi connectivity index (χ2n) is 3.99. The van der Waals surface area contributed by atoms with Crippen LogP contribution in [0.3, 0.4) is 0 Å². The second kappa shape index (κ2) is 5.98. The van der Waals surface area contributed by atoms with Crippen molar-refractivity contribution in [2.75, 3.05) is 0 Å². The van der Waals surface area contributed by atoms with Gasteiger partial charge in [-0.2, -0.15) is 0 Å². The Bertz CT molecular complexity index is 468. The van der Waals surface area contributed by atoms with Crippen LogP contribution in [0.15, 0.2) is 18.2 Å². The molecule has 1 rings (SSSR count). The first-order valence-electron chi connectivity index (χ1n) is 5.60. The molecule has 5 heteroatoms. The van der Waals surface area contributed by atoms with Gasteiger partial charge in [0.1, 0.15) is 0 Å². The molecule has 1 aromatic carbocycles. The van der Waals surface area contributed by atoms with E-state index in [1.807, 2.05) is 6.92 Å². The van der Waals surface area contributed by atoms with Crippen LogP contribution in [-0.4, -0.2) is 27.3 Å². The Kier molecular flexibility index (Phi) is 4.87. The number of Topliss-reactive ketones (excluding diaryl/α,β-unsaturated/α-hetero) is 1. The molecular formula is C13H15ClO4. The van der Waals surface area contributed by atoms with Gasteiger partial charge in [-0.3, -0.25) is 4.79 Å². The number of carboxylic acids is 1. The molecule has 98 valence electrons. The molecule has 2 N–H and O–H groups in total. The average Bonchev–Trinajstić information content (AvgIpc) is 2.35. The Morgan fingerprint density at radius 1 is 1.39 bits per heavy atom. The Morgan fingerprint density at radius 2 is 2.00 bits per heavy atom. The Hall–Kier alpha value is -1.39. The fourth-order valence-electron chi connectivity index (χ4n) is 1.69. The minimum Gasteiger partial charge on any atom is -0.479 e. The van der Waals surface area contributed by atoms with Crippen LogP contribution in [0.1, 0.15) is 41.4 Å². The summed E-state index contributed by atoms with van der Waals surface area (Å²) in [7, 11) is 0. The molecule has 2 unspecified atom stereocenters. The number of benzene rings is 1. The lowest BCUT2D eigenvalue weighted by atomic mass is 9.95. The van der Waals surface area contributed by atoms with Gasteiger partial charge in [0.25, 0.3) is 0 Å². The standard InChI is InChI=1S/C13H15ClO4/c1-3-8-4-5-9(11(15)7(2)14)6-10(8)12(16)13(17)18/h4-7,12,16H,3H2,1-2H3,(H,17,18). The number of rotatable bonds is 5. The molecule has 0 radical (unpaired) electrons. The minimum atomic E-state index is -1.63. The first-order chi connectivity index (χ1) is 8.38. The molecule has 18 heavy (non-hydrogen) atoms. The van der Waals surface area contributed by atoms with Crippen molar-refractivity contribution in [3.63, 3.8) is 0 Å². The fourth-order valence-corrected chi connectivity index (χ4v) is 1.81. The molecule has 0 heterocycles. The van der Waals surface area contributed by atoms with Gasteiger partial charge in [0, 0.05) is 5.56 Å². The monoisotopic (exact) mass is 270 g/mol. The van der Waals surface area contributed by atoms with Crippen molar-refractivity contribution in [1.29, 1.82) is 0 Å². The lowest BCUT2D eigenvalue weighted by molar-refractivity contribution is -0.147. The van der Waals surface area contributed by atoms with E-state index in [0.717, 1.165) is 0 Å². The number of hydrogen-bond donors (Lipinski definition) is 2. The van der Waals surface area contributed by atoms with E-state index < -0.39 is 17.5 Å². The molecule has 0 aliphatic heterocycles. The summed E-state index contributed by atoms with van der Waals surface area (Å²) in [5, 5.41) is 17.8. The lowest BCUT2D eigenvalue weighted by Gasteiger charge is -2.13. The highest BCUT2D eigenvalue weighted by atomic mass is 35.5. The van der Waals surface area contributed by atoms with Crippen molar-refractivity contribution >= 4 is 23.4 Å². The molecule has 4 nitrogen and oxygen atoms in total. The number of aliphatic hydroxyl groups is 1. The largest absolute Gasteiger partial charge is 0.479 e. The van der Waals surface area contributed by atoms with E-state index >= 15 is 0 Å². The number of carbonyl (C=O) groups is 2. The summed E-state index contributed by atoms with van der Waals surface area (Å²) in [6.45, 7) is 3.39. The molecule has 0 fully saturated rings. The fraction of sp³-hybridized carbons (Fsp3) is 0.385. The van der Waals surface area contributed by atoms with Crippen molar-refractivity contribution in [3.05, 3.63) is 34.9 Å². The maximum atomic E-state index is 11.7. The van der Waals surface area contributed by atoms with Gasteiger partial charge in [0.05, 0.1) is 5.38 Å². The number of aliphatic carboxylic acids is 1. The van der Waals surface area contributed by atoms with Gasteiger partial charge in [-0.1, -0.05) is 19.1 Å². The zero-order valence-corrected chi connectivity index (χ0v) is 10.9. The number of alkyl halides is 1. The van der Waals surface area contributed by atoms with Gasteiger partial charge in [-0.15, -0.1) is 11.6 Å². The third-order valence-corrected chi connectivity index (χ3v) is 2.90. The topological polar surface area (TPSA) is 74.6 Å². The maximum Gasteiger partial charge on any atom is 0.337 e. The van der Waals surface area contributed by atoms with Crippen LogP contribution >= 0.6 is 11.6 Å². The summed E-state index contributed by atoms with van der Waals surface area (Å²) in [6.07, 6.45) is -1.05. The van der Waals surface area contributed by atoms with Gasteiger partial charge in [-0.05, 0) is 30.5 Å². The molecule has 0 spiro atoms. The van der Waals surface area contributed by atoms with Crippen molar-refractivity contribution in [2.45, 2.75) is 31.7 Å². The number of aryl methyl sites for hydroxylation is 1. The third-order valence-electron chi connectivity index (χ3n) is 2.70. The van der Waals surface area contributed by atoms with E-state index in [2.05, 4.69) is 0 Å². The number of hydrogen-bond acceptors (Lipinski definition) is 3. The summed E-state index contributed by atoms with van der Waals surface area (Å²) < 4.78 is 0. The molecule has 0 bridgehead atoms. The summed E-state index contributed by atoms with van der Waals surface area (Å²) in [5.74, 6) is -1.63. The van der Waals surface area contributed by atoms with Gasteiger partial charge in [-0.25, -0.2) is 4.79 Å². The molecule has 0 aliphatic rings. The van der Waals surface area contributed by atoms with Crippen molar-refractivity contribution in [2.24, 2.45) is 0 Å². The van der Waals surface area contributed by atoms with Crippen LogP contribution in [0.2, 0.25) is 0 Å². The molecule has 0 aliphatic carbocycles. The van der Waals surface area contributed by atoms with Gasteiger partial charge in [0.15, 0.2) is 11.9 Å². The zero-order chi connectivity index (χ0) is 13.9. The second-order valence-corrected chi connectivity index (χ2v) is 4.64. The van der Waals surface area contributed by atoms with E-state index in [-0.39, 0.29) is 11.3 Å². The zero-order valence-electron chi connectivity index (χ0n) is 10.2. The van der Waals surface area contributed by atoms with Crippen LogP contribution in [-0.2, 0) is 11.2 Å². The quantitative estimate of drug-likeness (QED) is 0.635. The van der Waals surface area contributed by atoms with Crippen molar-refractivity contribution in [1.82, 2.24) is 0 Å². The molecule has 0 aromatic heterocycles. The van der Waals surface area contributed by atoms with Crippen LogP contribution in [0.25, 0.3) is 0 Å². The number of halogens is 1. The Morgan fingerprint density at radius 3 is 2.44 bits per heavy atom. The van der Waals surface area contributed by atoms with Gasteiger partial charge < -0.3 is 10.2 Å². The predicted molar refractivity (Wildman–Crippen MR) is 68.1 cm³/mol. The smallest absolute Gasteiger partial charge is 0.337 e. The van der Waals surface area contributed by atoms with Gasteiger partial charge in [0.2, 0.25) is 0 Å². The summed E-state index contributed by atoms with van der Waals surface area (Å²) in [6, 6.07) is 4.64. The van der Waals surface area contributed by atoms with Crippen LogP contribution < -0.4 is 0 Å².